The molecule has 24 heavy (non-hydrogen) atoms. The van der Waals surface area contributed by atoms with Crippen LogP contribution in [0, 0.1) is 5.82 Å². The molecular weight excluding hydrogens is 395 g/mol. The van der Waals surface area contributed by atoms with Crippen molar-refractivity contribution >= 4 is 27.9 Å². The van der Waals surface area contributed by atoms with E-state index in [0.29, 0.717) is 6.20 Å². The fourth-order valence-corrected chi connectivity index (χ4v) is 2.87. The third kappa shape index (κ3) is 3.90. The highest BCUT2D eigenvalue weighted by Crippen LogP contribution is 2.35. The quantitative estimate of drug-likeness (QED) is 0.542. The predicted molar refractivity (Wildman–Crippen MR) is 80.1 cm³/mol. The van der Waals surface area contributed by atoms with E-state index in [0.717, 1.165) is 11.5 Å². The van der Waals surface area contributed by atoms with E-state index in [2.05, 4.69) is 15.9 Å². The first-order chi connectivity index (χ1) is 11.2. The summed E-state index contributed by atoms with van der Waals surface area (Å²) in [7, 11) is 0. The van der Waals surface area contributed by atoms with Crippen molar-refractivity contribution in [1.29, 1.82) is 0 Å². The highest BCUT2D eigenvalue weighted by atomic mass is 79.9. The van der Waals surface area contributed by atoms with Crippen LogP contribution in [-0.4, -0.2) is 45.1 Å². The van der Waals surface area contributed by atoms with Gasteiger partial charge < -0.3 is 14.2 Å². The minimum absolute atomic E-state index is 0.167. The first kappa shape index (κ1) is 18.3. The van der Waals surface area contributed by atoms with Crippen LogP contribution in [-0.2, 0) is 23.8 Å². The van der Waals surface area contributed by atoms with Gasteiger partial charge in [-0.3, -0.25) is 23.9 Å². The number of halogens is 2. The summed E-state index contributed by atoms with van der Waals surface area (Å²) in [5, 5.41) is 0. The van der Waals surface area contributed by atoms with Crippen molar-refractivity contribution in [3.8, 4) is 0 Å². The molecule has 1 aliphatic rings. The molecule has 0 aliphatic carbocycles. The summed E-state index contributed by atoms with van der Waals surface area (Å²) in [6, 6.07) is 0. The molecule has 132 valence electrons. The summed E-state index contributed by atoms with van der Waals surface area (Å²) in [5.41, 5.74) is -2.11. The third-order valence-electron chi connectivity index (χ3n) is 3.22. The van der Waals surface area contributed by atoms with Crippen molar-refractivity contribution < 1.29 is 28.2 Å². The molecule has 0 bridgehead atoms. The lowest BCUT2D eigenvalue weighted by atomic mass is 10.2. The Balaban J connectivity index is 2.36. The van der Waals surface area contributed by atoms with E-state index in [4.69, 9.17) is 14.2 Å². The van der Waals surface area contributed by atoms with E-state index in [9.17, 15) is 23.6 Å². The Morgan fingerprint density at radius 2 is 2.04 bits per heavy atom. The standard InChI is InChI=1S/C13H14BrFN2O7/c1-5(18)22-4-8-9(14)10(23-6(2)19)12(24-8)17-3-7(15)11(20)16-13(17)21/h3,8-10,12H,4H2,1-2H3,(H,16,20,21)/t8?,9?,10-,12?/m1/s1. The minimum atomic E-state index is -1.21. The Hall–Kier alpha value is -2.01. The predicted octanol–water partition coefficient (Wildman–Crippen LogP) is -0.169. The average Bonchev–Trinajstić information content (AvgIpc) is 2.77. The van der Waals surface area contributed by atoms with Crippen molar-refractivity contribution in [2.24, 2.45) is 0 Å². The van der Waals surface area contributed by atoms with E-state index in [1.165, 1.54) is 6.92 Å². The Kier molecular flexibility index (Phi) is 5.54. The second-order valence-corrected chi connectivity index (χ2v) is 6.09. The van der Waals surface area contributed by atoms with Crippen LogP contribution in [0.5, 0.6) is 0 Å². The highest BCUT2D eigenvalue weighted by molar-refractivity contribution is 9.09. The summed E-state index contributed by atoms with van der Waals surface area (Å²) in [5.74, 6) is -2.39. The molecule has 9 nitrogen and oxygen atoms in total. The molecule has 1 N–H and O–H groups in total. The first-order valence-electron chi connectivity index (χ1n) is 6.81. The molecule has 0 radical (unpaired) electrons. The van der Waals surface area contributed by atoms with Crippen molar-refractivity contribution in [3.05, 3.63) is 32.9 Å². The van der Waals surface area contributed by atoms with Gasteiger partial charge in [0.1, 0.15) is 12.7 Å². The number of aromatic nitrogens is 2. The minimum Gasteiger partial charge on any atom is -0.463 e. The van der Waals surface area contributed by atoms with Crippen molar-refractivity contribution in [2.45, 2.75) is 37.1 Å². The number of ether oxygens (including phenoxy) is 3. The van der Waals surface area contributed by atoms with Crippen LogP contribution in [0.2, 0.25) is 0 Å². The second-order valence-electron chi connectivity index (χ2n) is 5.03. The number of aromatic amines is 1. The van der Waals surface area contributed by atoms with E-state index < -0.39 is 52.3 Å². The van der Waals surface area contributed by atoms with Gasteiger partial charge in [-0.25, -0.2) is 4.79 Å². The van der Waals surface area contributed by atoms with E-state index in [1.54, 1.807) is 4.98 Å². The summed E-state index contributed by atoms with van der Waals surface area (Å²) in [6.07, 6.45) is -2.31. The number of H-pyrrole nitrogens is 1. The van der Waals surface area contributed by atoms with Crippen molar-refractivity contribution in [1.82, 2.24) is 9.55 Å². The van der Waals surface area contributed by atoms with Crippen molar-refractivity contribution in [3.63, 3.8) is 0 Å². The zero-order valence-corrected chi connectivity index (χ0v) is 14.2. The molecule has 11 heteroatoms. The maximum absolute atomic E-state index is 13.5. The van der Waals surface area contributed by atoms with Crippen LogP contribution in [0.1, 0.15) is 20.1 Å². The van der Waals surface area contributed by atoms with Crippen LogP contribution < -0.4 is 11.2 Å². The molecule has 1 saturated heterocycles. The molecule has 1 aromatic rings. The lowest BCUT2D eigenvalue weighted by molar-refractivity contribution is -0.153. The molecule has 0 aromatic carbocycles. The third-order valence-corrected chi connectivity index (χ3v) is 4.33. The molecule has 1 aromatic heterocycles. The largest absolute Gasteiger partial charge is 0.463 e. The maximum atomic E-state index is 13.5. The smallest absolute Gasteiger partial charge is 0.330 e. The van der Waals surface area contributed by atoms with Gasteiger partial charge in [0.2, 0.25) is 5.82 Å². The van der Waals surface area contributed by atoms with Crippen LogP contribution >= 0.6 is 15.9 Å². The highest BCUT2D eigenvalue weighted by Gasteiger charge is 2.47. The zero-order chi connectivity index (χ0) is 18.0. The number of nitrogens with one attached hydrogen (secondary N) is 1. The summed E-state index contributed by atoms with van der Waals surface area (Å²) >= 11 is 3.27. The molecule has 1 fully saturated rings. The summed E-state index contributed by atoms with van der Waals surface area (Å²) < 4.78 is 29.8. The summed E-state index contributed by atoms with van der Waals surface area (Å²) in [4.78, 5) is 46.4. The van der Waals surface area contributed by atoms with Gasteiger partial charge in [-0.05, 0) is 0 Å². The molecule has 3 unspecified atom stereocenters. The zero-order valence-electron chi connectivity index (χ0n) is 12.7. The van der Waals surface area contributed by atoms with E-state index in [-0.39, 0.29) is 6.61 Å². The lowest BCUT2D eigenvalue weighted by Gasteiger charge is -2.21. The fourth-order valence-electron chi connectivity index (χ4n) is 2.22. The fraction of sp³-hybridized carbons (Fsp3) is 0.538. The lowest BCUT2D eigenvalue weighted by Crippen LogP contribution is -2.39. The average molecular weight is 409 g/mol. The van der Waals surface area contributed by atoms with Gasteiger partial charge in [-0.1, -0.05) is 15.9 Å². The Bertz CT molecular complexity index is 761. The normalized spacial score (nSPS) is 26.2. The Morgan fingerprint density at radius 1 is 1.38 bits per heavy atom. The molecule has 2 rings (SSSR count). The number of carbonyl (C=O) groups is 2. The molecule has 1 aliphatic heterocycles. The maximum Gasteiger partial charge on any atom is 0.330 e. The first-order valence-corrected chi connectivity index (χ1v) is 7.73. The second kappa shape index (κ2) is 7.26. The number of rotatable bonds is 4. The van der Waals surface area contributed by atoms with Gasteiger partial charge in [0.25, 0.3) is 5.56 Å². The SMILES string of the molecule is CC(=O)OCC1OC(n2cc(F)c(=O)[nH]c2=O)[C@H](OC(C)=O)C1Br. The number of hydrogen-bond acceptors (Lipinski definition) is 7. The van der Waals surface area contributed by atoms with Crippen LogP contribution in [0.4, 0.5) is 4.39 Å². The van der Waals surface area contributed by atoms with Crippen LogP contribution in [0.25, 0.3) is 0 Å². The van der Waals surface area contributed by atoms with Crippen LogP contribution in [0.15, 0.2) is 15.8 Å². The molecule has 0 amide bonds. The van der Waals surface area contributed by atoms with Gasteiger partial charge >= 0.3 is 17.6 Å². The number of alkyl halides is 1. The monoisotopic (exact) mass is 408 g/mol. The van der Waals surface area contributed by atoms with Gasteiger partial charge in [0, 0.05) is 13.8 Å². The van der Waals surface area contributed by atoms with Gasteiger partial charge in [-0.2, -0.15) is 4.39 Å². The molecule has 2 heterocycles. The number of nitrogens with zero attached hydrogens (tertiary/aromatic N) is 1. The van der Waals surface area contributed by atoms with Gasteiger partial charge in [0.05, 0.1) is 11.0 Å². The molecule has 0 saturated carbocycles. The van der Waals surface area contributed by atoms with Crippen molar-refractivity contribution in [2.75, 3.05) is 6.61 Å². The van der Waals surface area contributed by atoms with E-state index >= 15 is 0 Å². The van der Waals surface area contributed by atoms with Gasteiger partial charge in [0.15, 0.2) is 12.3 Å². The van der Waals surface area contributed by atoms with E-state index in [1.807, 2.05) is 0 Å². The molecule has 0 spiro atoms. The topological polar surface area (TPSA) is 117 Å². The number of carbonyl (C=O) groups excluding carboxylic acids is 2. The Morgan fingerprint density at radius 3 is 2.62 bits per heavy atom. The summed E-state index contributed by atoms with van der Waals surface area (Å²) in [6.45, 7) is 2.20. The number of hydrogen-bond donors (Lipinski definition) is 1. The Labute approximate surface area is 142 Å². The number of esters is 2. The van der Waals surface area contributed by atoms with Gasteiger partial charge in [-0.15, -0.1) is 0 Å². The molecule has 4 atom stereocenters. The van der Waals surface area contributed by atoms with Crippen LogP contribution in [0.3, 0.4) is 0 Å². The molecular formula is C13H14BrFN2O7.